The third-order valence-corrected chi connectivity index (χ3v) is 4.20. The maximum atomic E-state index is 12.7. The van der Waals surface area contributed by atoms with E-state index in [0.29, 0.717) is 36.1 Å². The lowest BCUT2D eigenvalue weighted by Crippen LogP contribution is -2.43. The van der Waals surface area contributed by atoms with Gasteiger partial charge in [0.15, 0.2) is 5.65 Å². The van der Waals surface area contributed by atoms with Crippen molar-refractivity contribution in [2.24, 2.45) is 5.73 Å². The lowest BCUT2D eigenvalue weighted by molar-refractivity contribution is -0.143. The summed E-state index contributed by atoms with van der Waals surface area (Å²) in [6.07, 6.45) is 8.24. The largest absolute Gasteiger partial charge is 0.467 e. The average molecular weight is 371 g/mol. The fourth-order valence-electron chi connectivity index (χ4n) is 2.83. The van der Waals surface area contributed by atoms with Gasteiger partial charge in [-0.05, 0) is 31.9 Å². The highest BCUT2D eigenvalue weighted by atomic mass is 16.5. The Morgan fingerprint density at radius 3 is 2.93 bits per heavy atom. The topological polar surface area (TPSA) is 141 Å². The normalized spacial score (nSPS) is 12.1. The number of hydrogen-bond acceptors (Lipinski definition) is 7. The van der Waals surface area contributed by atoms with Gasteiger partial charge in [0.25, 0.3) is 0 Å². The molecule has 0 saturated carbocycles. The molecule has 0 bridgehead atoms. The summed E-state index contributed by atoms with van der Waals surface area (Å²) >= 11 is 0. The van der Waals surface area contributed by atoms with E-state index in [9.17, 15) is 9.59 Å². The zero-order valence-electron chi connectivity index (χ0n) is 14.9. The van der Waals surface area contributed by atoms with Gasteiger partial charge in [0.1, 0.15) is 12.4 Å². The number of rotatable bonds is 7. The first-order chi connectivity index (χ1) is 13.2. The standard InChI is InChI=1S/C17H21N7O3/c1-27-16(25)13(4-2-3-6-18)23-17(26)24-7-5-12-14(11-8-21-22-9-11)19-10-20-15(12)24/h5,7-10,13H,2-4,6,18H2,1H3,(H,21,22)(H,23,26)/t13-/m0/s1. The summed E-state index contributed by atoms with van der Waals surface area (Å²) in [7, 11) is 1.29. The van der Waals surface area contributed by atoms with Crippen LogP contribution in [0, 0.1) is 0 Å². The van der Waals surface area contributed by atoms with Crippen LogP contribution in [0.3, 0.4) is 0 Å². The number of fused-ring (bicyclic) bond motifs is 1. The van der Waals surface area contributed by atoms with Crippen LogP contribution in [0.15, 0.2) is 31.0 Å². The Morgan fingerprint density at radius 1 is 1.37 bits per heavy atom. The number of aromatic nitrogens is 5. The average Bonchev–Trinajstić information content (AvgIpc) is 3.36. The summed E-state index contributed by atoms with van der Waals surface area (Å²) in [6.45, 7) is 0.526. The first-order valence-corrected chi connectivity index (χ1v) is 8.55. The number of nitrogens with two attached hydrogens (primary N) is 1. The highest BCUT2D eigenvalue weighted by Gasteiger charge is 2.23. The van der Waals surface area contributed by atoms with Crippen LogP contribution in [0.25, 0.3) is 22.3 Å². The molecule has 3 aromatic heterocycles. The predicted octanol–water partition coefficient (Wildman–Crippen LogP) is 1.05. The molecule has 0 aromatic carbocycles. The van der Waals surface area contributed by atoms with Gasteiger partial charge in [-0.3, -0.25) is 9.67 Å². The number of carbonyl (C=O) groups is 2. The monoisotopic (exact) mass is 371 g/mol. The van der Waals surface area contributed by atoms with Crippen LogP contribution in [0.1, 0.15) is 19.3 Å². The number of aromatic amines is 1. The van der Waals surface area contributed by atoms with Crippen molar-refractivity contribution in [1.82, 2.24) is 30.0 Å². The van der Waals surface area contributed by atoms with Gasteiger partial charge in [0.05, 0.1) is 19.0 Å². The van der Waals surface area contributed by atoms with Gasteiger partial charge >= 0.3 is 12.0 Å². The molecule has 3 aromatic rings. The first-order valence-electron chi connectivity index (χ1n) is 8.55. The zero-order chi connectivity index (χ0) is 19.2. The Morgan fingerprint density at radius 2 is 2.22 bits per heavy atom. The first kappa shape index (κ1) is 18.5. The van der Waals surface area contributed by atoms with Crippen molar-refractivity contribution in [2.75, 3.05) is 13.7 Å². The molecule has 10 heteroatoms. The van der Waals surface area contributed by atoms with E-state index in [1.807, 2.05) is 0 Å². The minimum atomic E-state index is -0.748. The van der Waals surface area contributed by atoms with Crippen LogP contribution in [-0.4, -0.2) is 56.4 Å². The number of H-pyrrole nitrogens is 1. The highest BCUT2D eigenvalue weighted by molar-refractivity contribution is 5.97. The number of nitrogens with one attached hydrogen (secondary N) is 2. The second kappa shape index (κ2) is 8.41. The molecule has 3 heterocycles. The van der Waals surface area contributed by atoms with Crippen molar-refractivity contribution in [3.05, 3.63) is 31.0 Å². The van der Waals surface area contributed by atoms with Gasteiger partial charge in [0, 0.05) is 23.3 Å². The van der Waals surface area contributed by atoms with Crippen molar-refractivity contribution in [3.8, 4) is 11.3 Å². The maximum absolute atomic E-state index is 12.7. The van der Waals surface area contributed by atoms with E-state index in [0.717, 1.165) is 12.0 Å². The lowest BCUT2D eigenvalue weighted by atomic mass is 10.1. The lowest BCUT2D eigenvalue weighted by Gasteiger charge is -2.16. The fraction of sp³-hybridized carbons (Fsp3) is 0.353. The minimum Gasteiger partial charge on any atom is -0.467 e. The number of esters is 1. The van der Waals surface area contributed by atoms with Gasteiger partial charge in [-0.25, -0.2) is 19.6 Å². The molecule has 0 saturated heterocycles. The van der Waals surface area contributed by atoms with E-state index in [4.69, 9.17) is 10.5 Å². The SMILES string of the molecule is COC(=O)[C@H](CCCCN)NC(=O)n1ccc2c(-c3cn[nH]c3)ncnc21. The quantitative estimate of drug-likeness (QED) is 0.416. The maximum Gasteiger partial charge on any atom is 0.328 e. The Hall–Kier alpha value is -3.27. The highest BCUT2D eigenvalue weighted by Crippen LogP contribution is 2.25. The Bertz CT molecular complexity index is 920. The third-order valence-electron chi connectivity index (χ3n) is 4.20. The molecule has 3 rings (SSSR count). The molecule has 27 heavy (non-hydrogen) atoms. The van der Waals surface area contributed by atoms with E-state index in [2.05, 4.69) is 25.5 Å². The zero-order valence-corrected chi connectivity index (χ0v) is 14.9. The van der Waals surface area contributed by atoms with E-state index >= 15 is 0 Å². The van der Waals surface area contributed by atoms with Crippen LogP contribution >= 0.6 is 0 Å². The summed E-state index contributed by atoms with van der Waals surface area (Å²) in [4.78, 5) is 33.2. The van der Waals surface area contributed by atoms with Crippen molar-refractivity contribution in [2.45, 2.75) is 25.3 Å². The molecule has 0 radical (unpaired) electrons. The van der Waals surface area contributed by atoms with E-state index in [-0.39, 0.29) is 0 Å². The molecule has 0 aliphatic carbocycles. The summed E-state index contributed by atoms with van der Waals surface area (Å²) in [5.41, 5.74) is 7.37. The minimum absolute atomic E-state index is 0.435. The van der Waals surface area contributed by atoms with Crippen LogP contribution in [0.5, 0.6) is 0 Å². The van der Waals surface area contributed by atoms with Crippen molar-refractivity contribution in [1.29, 1.82) is 0 Å². The van der Waals surface area contributed by atoms with Gasteiger partial charge in [-0.1, -0.05) is 0 Å². The molecule has 1 atom stereocenters. The summed E-state index contributed by atoms with van der Waals surface area (Å²) < 4.78 is 6.13. The van der Waals surface area contributed by atoms with Crippen molar-refractivity contribution >= 4 is 23.0 Å². The molecular formula is C17H21N7O3. The Labute approximate surface area is 155 Å². The molecule has 0 aliphatic heterocycles. The van der Waals surface area contributed by atoms with Crippen LogP contribution in [0.2, 0.25) is 0 Å². The second-order valence-corrected chi connectivity index (χ2v) is 5.94. The Kier molecular flexibility index (Phi) is 5.77. The molecule has 4 N–H and O–H groups in total. The van der Waals surface area contributed by atoms with Crippen LogP contribution < -0.4 is 11.1 Å². The number of methoxy groups -OCH3 is 1. The van der Waals surface area contributed by atoms with E-state index in [1.165, 1.54) is 18.0 Å². The molecule has 0 unspecified atom stereocenters. The molecule has 1 amide bonds. The molecule has 142 valence electrons. The van der Waals surface area contributed by atoms with Gasteiger partial charge in [-0.15, -0.1) is 0 Å². The number of carbonyl (C=O) groups excluding carboxylic acids is 2. The number of amides is 1. The number of nitrogens with zero attached hydrogens (tertiary/aromatic N) is 4. The smallest absolute Gasteiger partial charge is 0.328 e. The van der Waals surface area contributed by atoms with Gasteiger partial charge < -0.3 is 15.8 Å². The van der Waals surface area contributed by atoms with E-state index in [1.54, 1.807) is 24.7 Å². The van der Waals surface area contributed by atoms with Crippen LogP contribution in [-0.2, 0) is 9.53 Å². The number of unbranched alkanes of at least 4 members (excludes halogenated alkanes) is 1. The van der Waals surface area contributed by atoms with Crippen molar-refractivity contribution in [3.63, 3.8) is 0 Å². The third kappa shape index (κ3) is 3.95. The molecule has 0 fully saturated rings. The molecule has 0 spiro atoms. The molecule has 0 aliphatic rings. The summed E-state index contributed by atoms with van der Waals surface area (Å²) in [5, 5.41) is 10.1. The molecule has 10 nitrogen and oxygen atoms in total. The fourth-order valence-corrected chi connectivity index (χ4v) is 2.83. The summed E-state index contributed by atoms with van der Waals surface area (Å²) in [5.74, 6) is -0.495. The molecular weight excluding hydrogens is 350 g/mol. The number of hydrogen-bond donors (Lipinski definition) is 3. The summed E-state index contributed by atoms with van der Waals surface area (Å²) in [6, 6.07) is 0.533. The van der Waals surface area contributed by atoms with Gasteiger partial charge in [0.2, 0.25) is 0 Å². The Balaban J connectivity index is 1.85. The number of ether oxygens (including phenoxy) is 1. The van der Waals surface area contributed by atoms with Crippen molar-refractivity contribution < 1.29 is 14.3 Å². The second-order valence-electron chi connectivity index (χ2n) is 5.94. The van der Waals surface area contributed by atoms with E-state index < -0.39 is 18.0 Å². The van der Waals surface area contributed by atoms with Gasteiger partial charge in [-0.2, -0.15) is 5.10 Å². The predicted molar refractivity (Wildman–Crippen MR) is 97.7 cm³/mol. The van der Waals surface area contributed by atoms with Crippen LogP contribution in [0.4, 0.5) is 4.79 Å².